The van der Waals surface area contributed by atoms with Gasteiger partial charge in [0.05, 0.1) is 6.10 Å². The molecular weight excluding hydrogens is 169 g/mol. The van der Waals surface area contributed by atoms with E-state index < -0.39 is 6.10 Å². The van der Waals surface area contributed by atoms with E-state index in [0.717, 1.165) is 0 Å². The zero-order valence-electron chi connectivity index (χ0n) is 7.79. The summed E-state index contributed by atoms with van der Waals surface area (Å²) in [5, 5.41) is 9.61. The zero-order chi connectivity index (χ0) is 10.0. The van der Waals surface area contributed by atoms with Crippen molar-refractivity contribution in [2.24, 2.45) is 5.73 Å². The van der Waals surface area contributed by atoms with Crippen molar-refractivity contribution >= 4 is 0 Å². The van der Waals surface area contributed by atoms with Crippen LogP contribution in [0.2, 0.25) is 0 Å². The molecule has 0 aromatic heterocycles. The molecule has 1 aromatic rings. The summed E-state index contributed by atoms with van der Waals surface area (Å²) in [6.07, 6.45) is -0.796. The predicted octanol–water partition coefficient (Wildman–Crippen LogP) is 1.51. The van der Waals surface area contributed by atoms with E-state index in [1.807, 2.05) is 0 Å². The van der Waals surface area contributed by atoms with E-state index in [1.165, 1.54) is 6.07 Å². The fourth-order valence-corrected chi connectivity index (χ4v) is 1.23. The average molecular weight is 183 g/mol. The number of benzene rings is 1. The van der Waals surface area contributed by atoms with Crippen molar-refractivity contribution in [2.75, 3.05) is 0 Å². The van der Waals surface area contributed by atoms with Crippen LogP contribution < -0.4 is 5.73 Å². The molecule has 1 rings (SSSR count). The maximum absolute atomic E-state index is 13.1. The molecule has 0 unspecified atom stereocenters. The summed E-state index contributed by atoms with van der Waals surface area (Å²) in [4.78, 5) is 0. The van der Waals surface area contributed by atoms with Crippen LogP contribution in [0.1, 0.15) is 24.2 Å². The molecule has 0 fully saturated rings. The molecule has 1 aromatic carbocycles. The van der Waals surface area contributed by atoms with E-state index >= 15 is 0 Å². The van der Waals surface area contributed by atoms with Gasteiger partial charge in [-0.1, -0.05) is 12.1 Å². The van der Waals surface area contributed by atoms with Crippen LogP contribution >= 0.6 is 0 Å². The minimum atomic E-state index is -0.796. The highest BCUT2D eigenvalue weighted by molar-refractivity contribution is 5.29. The van der Waals surface area contributed by atoms with Gasteiger partial charge in [0.25, 0.3) is 0 Å². The Morgan fingerprint density at radius 2 is 2.08 bits per heavy atom. The second-order valence-corrected chi connectivity index (χ2v) is 3.26. The van der Waals surface area contributed by atoms with Gasteiger partial charge in [0.1, 0.15) is 5.82 Å². The molecule has 0 heterocycles. The van der Waals surface area contributed by atoms with Gasteiger partial charge in [0, 0.05) is 6.04 Å². The Balaban J connectivity index is 3.07. The van der Waals surface area contributed by atoms with E-state index in [9.17, 15) is 9.50 Å². The Bertz CT molecular complexity index is 299. The van der Waals surface area contributed by atoms with Crippen LogP contribution in [-0.4, -0.2) is 11.1 Å². The van der Waals surface area contributed by atoms with E-state index in [4.69, 9.17) is 5.73 Å². The van der Waals surface area contributed by atoms with E-state index in [0.29, 0.717) is 11.1 Å². The highest BCUT2D eigenvalue weighted by Gasteiger charge is 2.15. The Kier molecular flexibility index (Phi) is 3.01. The van der Waals surface area contributed by atoms with Gasteiger partial charge in [-0.25, -0.2) is 4.39 Å². The molecule has 0 bridgehead atoms. The number of nitrogens with two attached hydrogens (primary N) is 1. The van der Waals surface area contributed by atoms with Gasteiger partial charge in [-0.2, -0.15) is 0 Å². The number of hydrogen-bond donors (Lipinski definition) is 2. The second kappa shape index (κ2) is 3.85. The minimum Gasteiger partial charge on any atom is -0.387 e. The lowest BCUT2D eigenvalue weighted by Gasteiger charge is -2.17. The van der Waals surface area contributed by atoms with E-state index in [-0.39, 0.29) is 11.9 Å². The van der Waals surface area contributed by atoms with Crippen molar-refractivity contribution < 1.29 is 9.50 Å². The van der Waals surface area contributed by atoms with Gasteiger partial charge in [0.15, 0.2) is 0 Å². The third kappa shape index (κ3) is 2.05. The Labute approximate surface area is 77.2 Å². The van der Waals surface area contributed by atoms with Crippen molar-refractivity contribution in [1.29, 1.82) is 0 Å². The molecule has 3 N–H and O–H groups in total. The van der Waals surface area contributed by atoms with E-state index in [1.54, 1.807) is 26.0 Å². The molecule has 0 saturated carbocycles. The number of aliphatic hydroxyl groups excluding tert-OH is 1. The lowest BCUT2D eigenvalue weighted by Crippen LogP contribution is -2.25. The molecule has 0 amide bonds. The molecule has 0 radical (unpaired) electrons. The average Bonchev–Trinajstić information content (AvgIpc) is 2.08. The Hall–Kier alpha value is -0.930. The molecule has 2 atom stereocenters. The molecule has 0 aliphatic carbocycles. The van der Waals surface area contributed by atoms with Gasteiger partial charge in [0.2, 0.25) is 0 Å². The molecule has 0 saturated heterocycles. The predicted molar refractivity (Wildman–Crippen MR) is 49.7 cm³/mol. The van der Waals surface area contributed by atoms with Gasteiger partial charge in [-0.05, 0) is 31.0 Å². The van der Waals surface area contributed by atoms with Crippen LogP contribution in [0, 0.1) is 12.7 Å². The summed E-state index contributed by atoms with van der Waals surface area (Å²) in [6.45, 7) is 3.32. The first kappa shape index (κ1) is 10.2. The molecule has 0 spiro atoms. The summed E-state index contributed by atoms with van der Waals surface area (Å²) in [5.41, 5.74) is 6.54. The molecule has 0 aliphatic rings. The normalized spacial score (nSPS) is 15.5. The van der Waals surface area contributed by atoms with Crippen LogP contribution in [-0.2, 0) is 0 Å². The number of halogens is 1. The monoisotopic (exact) mass is 183 g/mol. The lowest BCUT2D eigenvalue weighted by atomic mass is 9.99. The SMILES string of the molecule is Cc1c(F)cccc1[C@@H](O)[C@H](C)N. The smallest absolute Gasteiger partial charge is 0.126 e. The van der Waals surface area contributed by atoms with Gasteiger partial charge in [-0.3, -0.25) is 0 Å². The molecule has 0 aliphatic heterocycles. The summed E-state index contributed by atoms with van der Waals surface area (Å²) in [6, 6.07) is 4.24. The van der Waals surface area contributed by atoms with Crippen molar-refractivity contribution in [2.45, 2.75) is 26.0 Å². The molecule has 13 heavy (non-hydrogen) atoms. The fourth-order valence-electron chi connectivity index (χ4n) is 1.23. The van der Waals surface area contributed by atoms with Crippen molar-refractivity contribution in [3.05, 3.63) is 35.1 Å². The second-order valence-electron chi connectivity index (χ2n) is 3.26. The standard InChI is InChI=1S/C10H14FNO/c1-6-8(10(13)7(2)12)4-3-5-9(6)11/h3-5,7,10,13H,12H2,1-2H3/t7-,10-/m0/s1. The first-order chi connectivity index (χ1) is 6.04. The van der Waals surface area contributed by atoms with Crippen molar-refractivity contribution in [3.63, 3.8) is 0 Å². The third-order valence-electron chi connectivity index (χ3n) is 2.13. The minimum absolute atomic E-state index is 0.308. The maximum atomic E-state index is 13.1. The largest absolute Gasteiger partial charge is 0.387 e. The fraction of sp³-hybridized carbons (Fsp3) is 0.400. The number of rotatable bonds is 2. The summed E-state index contributed by atoms with van der Waals surface area (Å²) >= 11 is 0. The first-order valence-corrected chi connectivity index (χ1v) is 4.22. The summed E-state index contributed by atoms with van der Waals surface area (Å²) in [5.74, 6) is -0.308. The van der Waals surface area contributed by atoms with E-state index in [2.05, 4.69) is 0 Å². The Morgan fingerprint density at radius 1 is 1.46 bits per heavy atom. The van der Waals surface area contributed by atoms with Crippen LogP contribution in [0.4, 0.5) is 4.39 Å². The summed E-state index contributed by atoms with van der Waals surface area (Å²) < 4.78 is 13.1. The van der Waals surface area contributed by atoms with Crippen LogP contribution in [0.3, 0.4) is 0 Å². The number of hydrogen-bond acceptors (Lipinski definition) is 2. The summed E-state index contributed by atoms with van der Waals surface area (Å²) in [7, 11) is 0. The lowest BCUT2D eigenvalue weighted by molar-refractivity contribution is 0.152. The van der Waals surface area contributed by atoms with Crippen LogP contribution in [0.15, 0.2) is 18.2 Å². The quantitative estimate of drug-likeness (QED) is 0.730. The van der Waals surface area contributed by atoms with Gasteiger partial charge >= 0.3 is 0 Å². The maximum Gasteiger partial charge on any atom is 0.126 e. The van der Waals surface area contributed by atoms with Gasteiger partial charge < -0.3 is 10.8 Å². The highest BCUT2D eigenvalue weighted by Crippen LogP contribution is 2.21. The molecule has 72 valence electrons. The third-order valence-corrected chi connectivity index (χ3v) is 2.13. The molecule has 2 nitrogen and oxygen atoms in total. The first-order valence-electron chi connectivity index (χ1n) is 4.22. The van der Waals surface area contributed by atoms with Gasteiger partial charge in [-0.15, -0.1) is 0 Å². The van der Waals surface area contributed by atoms with Crippen LogP contribution in [0.5, 0.6) is 0 Å². The topological polar surface area (TPSA) is 46.2 Å². The highest BCUT2D eigenvalue weighted by atomic mass is 19.1. The zero-order valence-corrected chi connectivity index (χ0v) is 7.79. The van der Waals surface area contributed by atoms with Crippen molar-refractivity contribution in [1.82, 2.24) is 0 Å². The molecule has 3 heteroatoms. The Morgan fingerprint density at radius 3 is 2.62 bits per heavy atom. The number of aliphatic hydroxyl groups is 1. The van der Waals surface area contributed by atoms with Crippen molar-refractivity contribution in [3.8, 4) is 0 Å². The van der Waals surface area contributed by atoms with Crippen LogP contribution in [0.25, 0.3) is 0 Å². The molecular formula is C10H14FNO.